The Morgan fingerprint density at radius 3 is 2.07 bits per heavy atom. The zero-order valence-electron chi connectivity index (χ0n) is 15.4. The minimum absolute atomic E-state index is 0.107. The van der Waals surface area contributed by atoms with Crippen molar-refractivity contribution in [3.8, 4) is 0 Å². The molecule has 0 radical (unpaired) electrons. The van der Waals surface area contributed by atoms with E-state index < -0.39 is 36.6 Å². The molecule has 0 saturated heterocycles. The zero-order chi connectivity index (χ0) is 22.1. The molecule has 0 atom stereocenters. The van der Waals surface area contributed by atoms with Gasteiger partial charge in [0.25, 0.3) is 20.0 Å². The van der Waals surface area contributed by atoms with Crippen molar-refractivity contribution in [3.63, 3.8) is 0 Å². The van der Waals surface area contributed by atoms with E-state index in [0.717, 1.165) is 6.07 Å². The molecular weight excluding hydrogens is 458 g/mol. The van der Waals surface area contributed by atoms with Crippen molar-refractivity contribution in [2.75, 3.05) is 9.44 Å². The second kappa shape index (κ2) is 8.21. The van der Waals surface area contributed by atoms with Crippen molar-refractivity contribution in [2.24, 2.45) is 0 Å². The van der Waals surface area contributed by atoms with Crippen molar-refractivity contribution < 1.29 is 25.6 Å². The molecule has 158 valence electrons. The van der Waals surface area contributed by atoms with Gasteiger partial charge in [0.05, 0.1) is 26.2 Å². The molecule has 0 aliphatic heterocycles. The number of sulfonamides is 2. The fourth-order valence-corrected chi connectivity index (χ4v) is 5.28. The smallest absolute Gasteiger partial charge is 0.262 e. The summed E-state index contributed by atoms with van der Waals surface area (Å²) < 4.78 is 81.8. The number of hydrogen-bond acceptors (Lipinski definition) is 4. The average molecular weight is 473 g/mol. The summed E-state index contributed by atoms with van der Waals surface area (Å²) in [4.78, 5) is -0.841. The van der Waals surface area contributed by atoms with Crippen molar-refractivity contribution in [3.05, 3.63) is 82.9 Å². The van der Waals surface area contributed by atoms with E-state index in [1.807, 2.05) is 0 Å². The first-order valence-electron chi connectivity index (χ1n) is 8.35. The molecular formula is C19H15ClF2N2O4S2. The van der Waals surface area contributed by atoms with Crippen molar-refractivity contribution >= 4 is 43.0 Å². The Hall–Kier alpha value is -2.69. The lowest BCUT2D eigenvalue weighted by Gasteiger charge is -2.14. The minimum Gasteiger partial charge on any atom is -0.280 e. The topological polar surface area (TPSA) is 92.3 Å². The normalized spacial score (nSPS) is 11.9. The predicted molar refractivity (Wildman–Crippen MR) is 111 cm³/mol. The largest absolute Gasteiger partial charge is 0.280 e. The predicted octanol–water partition coefficient (Wildman–Crippen LogP) is 4.53. The average Bonchev–Trinajstić information content (AvgIpc) is 2.64. The number of hydrogen-bond donors (Lipinski definition) is 2. The number of nitrogens with one attached hydrogen (secondary N) is 2. The van der Waals surface area contributed by atoms with Crippen LogP contribution >= 0.6 is 11.6 Å². The van der Waals surface area contributed by atoms with E-state index in [1.165, 1.54) is 31.2 Å². The second-order valence-corrected chi connectivity index (χ2v) is 10.0. The molecule has 3 aromatic rings. The van der Waals surface area contributed by atoms with Gasteiger partial charge in [0, 0.05) is 6.07 Å². The molecule has 0 saturated carbocycles. The Kier molecular flexibility index (Phi) is 6.02. The summed E-state index contributed by atoms with van der Waals surface area (Å²) >= 11 is 5.99. The van der Waals surface area contributed by atoms with Crippen LogP contribution in [0.2, 0.25) is 5.02 Å². The molecule has 30 heavy (non-hydrogen) atoms. The van der Waals surface area contributed by atoms with Gasteiger partial charge in [-0.25, -0.2) is 25.6 Å². The van der Waals surface area contributed by atoms with Crippen LogP contribution in [0.1, 0.15) is 5.56 Å². The van der Waals surface area contributed by atoms with E-state index >= 15 is 0 Å². The first kappa shape index (κ1) is 22.0. The number of para-hydroxylation sites is 1. The van der Waals surface area contributed by atoms with E-state index in [9.17, 15) is 25.6 Å². The molecule has 0 amide bonds. The number of anilines is 2. The van der Waals surface area contributed by atoms with Gasteiger partial charge in [-0.2, -0.15) is 0 Å². The summed E-state index contributed by atoms with van der Waals surface area (Å²) in [5, 5.41) is 0.184. The SMILES string of the molecule is Cc1ccc(NS(=O)(=O)c2cc(F)cc(F)c2)cc1S(=O)(=O)Nc1ccccc1Cl. The maximum Gasteiger partial charge on any atom is 0.262 e. The van der Waals surface area contributed by atoms with Crippen LogP contribution in [0.4, 0.5) is 20.2 Å². The van der Waals surface area contributed by atoms with Crippen LogP contribution in [0.15, 0.2) is 70.5 Å². The van der Waals surface area contributed by atoms with Crippen molar-refractivity contribution in [1.29, 1.82) is 0 Å². The third kappa shape index (κ3) is 4.89. The molecule has 3 rings (SSSR count). The molecule has 2 N–H and O–H groups in total. The molecule has 0 bridgehead atoms. The summed E-state index contributed by atoms with van der Waals surface area (Å²) in [7, 11) is -8.48. The lowest BCUT2D eigenvalue weighted by atomic mass is 10.2. The van der Waals surface area contributed by atoms with E-state index in [0.29, 0.717) is 23.8 Å². The van der Waals surface area contributed by atoms with Gasteiger partial charge >= 0.3 is 0 Å². The number of aryl methyl sites for hydroxylation is 1. The highest BCUT2D eigenvalue weighted by Crippen LogP contribution is 2.28. The molecule has 0 aromatic heterocycles. The van der Waals surface area contributed by atoms with Crippen LogP contribution < -0.4 is 9.44 Å². The second-order valence-electron chi connectivity index (χ2n) is 6.28. The first-order valence-corrected chi connectivity index (χ1v) is 11.7. The van der Waals surface area contributed by atoms with Crippen LogP contribution in [-0.4, -0.2) is 16.8 Å². The standard InChI is InChI=1S/C19H15ClF2N2O4S2/c1-12-6-7-15(23-29(25,26)16-9-13(21)8-14(22)10-16)11-19(12)30(27,28)24-18-5-3-2-4-17(18)20/h2-11,23-24H,1H3. The quantitative estimate of drug-likeness (QED) is 0.551. The van der Waals surface area contributed by atoms with E-state index in [-0.39, 0.29) is 21.3 Å². The van der Waals surface area contributed by atoms with Crippen LogP contribution in [0.5, 0.6) is 0 Å². The van der Waals surface area contributed by atoms with E-state index in [1.54, 1.807) is 12.1 Å². The summed E-state index contributed by atoms with van der Waals surface area (Å²) in [5.74, 6) is -2.13. The van der Waals surface area contributed by atoms with Gasteiger partial charge < -0.3 is 0 Å². The number of rotatable bonds is 6. The molecule has 11 heteroatoms. The fraction of sp³-hybridized carbons (Fsp3) is 0.0526. The molecule has 0 aliphatic carbocycles. The van der Waals surface area contributed by atoms with Crippen LogP contribution in [-0.2, 0) is 20.0 Å². The molecule has 0 fully saturated rings. The summed E-state index contributed by atoms with van der Waals surface area (Å²) in [6.45, 7) is 1.53. The molecule has 6 nitrogen and oxygen atoms in total. The van der Waals surface area contributed by atoms with Gasteiger partial charge in [-0.3, -0.25) is 9.44 Å². The van der Waals surface area contributed by atoms with Gasteiger partial charge in [0.2, 0.25) is 0 Å². The third-order valence-corrected chi connectivity index (χ3v) is 7.19. The summed E-state index contributed by atoms with van der Waals surface area (Å²) in [6.07, 6.45) is 0. The van der Waals surface area contributed by atoms with Crippen LogP contribution in [0.3, 0.4) is 0 Å². The molecule has 0 unspecified atom stereocenters. The third-order valence-electron chi connectivity index (χ3n) is 3.99. The molecule has 0 heterocycles. The highest BCUT2D eigenvalue weighted by molar-refractivity contribution is 7.93. The van der Waals surface area contributed by atoms with Gasteiger partial charge in [0.15, 0.2) is 0 Å². The fourth-order valence-electron chi connectivity index (χ4n) is 2.59. The number of benzene rings is 3. The Labute approximate surface area is 177 Å². The first-order chi connectivity index (χ1) is 14.0. The zero-order valence-corrected chi connectivity index (χ0v) is 17.7. The Balaban J connectivity index is 1.96. The molecule has 0 aliphatic rings. The minimum atomic E-state index is -4.37. The lowest BCUT2D eigenvalue weighted by molar-refractivity contribution is 0.568. The molecule has 0 spiro atoms. The Morgan fingerprint density at radius 1 is 0.800 bits per heavy atom. The van der Waals surface area contributed by atoms with Gasteiger partial charge in [-0.05, 0) is 48.9 Å². The summed E-state index contributed by atoms with van der Waals surface area (Å²) in [5.41, 5.74) is 0.388. The number of halogens is 3. The monoisotopic (exact) mass is 472 g/mol. The maximum atomic E-state index is 13.4. The highest BCUT2D eigenvalue weighted by Gasteiger charge is 2.21. The van der Waals surface area contributed by atoms with E-state index in [4.69, 9.17) is 11.6 Å². The lowest BCUT2D eigenvalue weighted by Crippen LogP contribution is -2.17. The van der Waals surface area contributed by atoms with Gasteiger partial charge in [-0.1, -0.05) is 29.8 Å². The Bertz CT molecular complexity index is 1310. The Morgan fingerprint density at radius 2 is 1.43 bits per heavy atom. The van der Waals surface area contributed by atoms with Gasteiger partial charge in [-0.15, -0.1) is 0 Å². The maximum absolute atomic E-state index is 13.4. The highest BCUT2D eigenvalue weighted by atomic mass is 35.5. The van der Waals surface area contributed by atoms with Gasteiger partial charge in [0.1, 0.15) is 11.6 Å². The van der Waals surface area contributed by atoms with Crippen LogP contribution in [0, 0.1) is 18.6 Å². The van der Waals surface area contributed by atoms with Crippen molar-refractivity contribution in [1.82, 2.24) is 0 Å². The van der Waals surface area contributed by atoms with E-state index in [2.05, 4.69) is 9.44 Å². The molecule has 3 aromatic carbocycles. The summed E-state index contributed by atoms with van der Waals surface area (Å²) in [6, 6.07) is 11.9. The van der Waals surface area contributed by atoms with Crippen molar-refractivity contribution in [2.45, 2.75) is 16.7 Å². The van der Waals surface area contributed by atoms with Crippen LogP contribution in [0.25, 0.3) is 0 Å².